The van der Waals surface area contributed by atoms with Gasteiger partial charge in [-0.3, -0.25) is 32.8 Å². The van der Waals surface area contributed by atoms with Crippen LogP contribution in [0.4, 0.5) is 0 Å². The predicted octanol–water partition coefficient (Wildman–Crippen LogP) is -1.76. The lowest BCUT2D eigenvalue weighted by molar-refractivity contribution is -0.255. The van der Waals surface area contributed by atoms with Gasteiger partial charge >= 0.3 is 5.69 Å². The van der Waals surface area contributed by atoms with E-state index < -0.39 is 75.9 Å². The molecule has 34 heavy (non-hydrogen) atoms. The molecule has 1 aromatic rings. The SMILES string of the molecule is Cc1cn([C@H]2C[C@H](O)[C@@H](COP(=O)([O-])OP(=O)([O-])O[C@@H]3C=C(O)C(=O)[C@@H](C)O3)O2)c(=O)[nH]c1=O. The van der Waals surface area contributed by atoms with Gasteiger partial charge in [0, 0.05) is 24.3 Å². The second-order valence-corrected chi connectivity index (χ2v) is 10.3. The first-order chi connectivity index (χ1) is 15.7. The van der Waals surface area contributed by atoms with Crippen molar-refractivity contribution in [2.75, 3.05) is 6.61 Å². The Morgan fingerprint density at radius 1 is 1.24 bits per heavy atom. The molecule has 0 amide bonds. The number of phosphoric acid groups is 2. The molecule has 1 aromatic heterocycles. The van der Waals surface area contributed by atoms with Crippen molar-refractivity contribution in [2.24, 2.45) is 0 Å². The van der Waals surface area contributed by atoms with Gasteiger partial charge in [-0.05, 0) is 13.8 Å². The van der Waals surface area contributed by atoms with Crippen molar-refractivity contribution in [3.05, 3.63) is 44.4 Å². The zero-order valence-electron chi connectivity index (χ0n) is 17.6. The third kappa shape index (κ3) is 6.37. The van der Waals surface area contributed by atoms with Crippen molar-refractivity contribution in [1.82, 2.24) is 9.55 Å². The fraction of sp³-hybridized carbons (Fsp3) is 0.562. The molecule has 16 nitrogen and oxygen atoms in total. The highest BCUT2D eigenvalue weighted by atomic mass is 31.3. The summed E-state index contributed by atoms with van der Waals surface area (Å²) >= 11 is 0. The van der Waals surface area contributed by atoms with Crippen LogP contribution < -0.4 is 21.0 Å². The van der Waals surface area contributed by atoms with Crippen LogP contribution in [0.25, 0.3) is 0 Å². The highest BCUT2D eigenvalue weighted by Gasteiger charge is 2.37. The van der Waals surface area contributed by atoms with Gasteiger partial charge in [0.25, 0.3) is 21.2 Å². The smallest absolute Gasteiger partial charge is 0.330 e. The summed E-state index contributed by atoms with van der Waals surface area (Å²) in [4.78, 5) is 60.8. The van der Waals surface area contributed by atoms with Crippen LogP contribution in [0.1, 0.15) is 25.1 Å². The van der Waals surface area contributed by atoms with Crippen molar-refractivity contribution in [3.8, 4) is 0 Å². The lowest BCUT2D eigenvalue weighted by atomic mass is 10.2. The number of aromatic amines is 1. The van der Waals surface area contributed by atoms with Gasteiger partial charge in [0.05, 0.1) is 12.7 Å². The van der Waals surface area contributed by atoms with E-state index >= 15 is 0 Å². The molecule has 0 aromatic carbocycles. The second kappa shape index (κ2) is 9.95. The third-order valence-corrected chi connectivity index (χ3v) is 7.28. The quantitative estimate of drug-likeness (QED) is 0.318. The molecule has 0 bridgehead atoms. The van der Waals surface area contributed by atoms with Gasteiger partial charge in [-0.1, -0.05) is 0 Å². The van der Waals surface area contributed by atoms with Gasteiger partial charge in [-0.25, -0.2) is 9.11 Å². The van der Waals surface area contributed by atoms with E-state index in [2.05, 4.69) is 18.3 Å². The predicted molar refractivity (Wildman–Crippen MR) is 104 cm³/mol. The molecule has 0 spiro atoms. The summed E-state index contributed by atoms with van der Waals surface area (Å²) in [7, 11) is -11.2. The average molecular weight is 526 g/mol. The molecule has 3 heterocycles. The maximum Gasteiger partial charge on any atom is 0.330 e. The largest absolute Gasteiger partial charge is 0.756 e. The van der Waals surface area contributed by atoms with Crippen LogP contribution in [-0.4, -0.2) is 56.8 Å². The number of nitrogens with zero attached hydrogens (tertiary/aromatic N) is 1. The number of hydrogen-bond donors (Lipinski definition) is 3. The Morgan fingerprint density at radius 3 is 2.56 bits per heavy atom. The number of H-pyrrole nitrogens is 1. The van der Waals surface area contributed by atoms with Crippen LogP contribution in [0.15, 0.2) is 27.6 Å². The number of carbonyl (C=O) groups excluding carboxylic acids is 1. The molecule has 3 rings (SSSR count). The lowest BCUT2D eigenvalue weighted by Crippen LogP contribution is -2.34. The van der Waals surface area contributed by atoms with E-state index in [0.717, 1.165) is 4.57 Å². The molecule has 2 unspecified atom stereocenters. The zero-order valence-corrected chi connectivity index (χ0v) is 19.4. The van der Waals surface area contributed by atoms with Crippen LogP contribution in [0.5, 0.6) is 0 Å². The maximum atomic E-state index is 12.0. The number of aliphatic hydroxyl groups is 2. The first-order valence-electron chi connectivity index (χ1n) is 9.60. The van der Waals surface area contributed by atoms with Crippen LogP contribution >= 0.6 is 15.6 Å². The number of aromatic nitrogens is 2. The number of hydrogen-bond acceptors (Lipinski definition) is 14. The molecule has 1 fully saturated rings. The van der Waals surface area contributed by atoms with Crippen LogP contribution in [0, 0.1) is 6.92 Å². The number of carbonyl (C=O) groups is 1. The number of ether oxygens (including phenoxy) is 2. The van der Waals surface area contributed by atoms with E-state index in [9.17, 15) is 43.5 Å². The second-order valence-electron chi connectivity index (χ2n) is 7.35. The number of aryl methyl sites for hydroxylation is 1. The van der Waals surface area contributed by atoms with Gasteiger partial charge < -0.3 is 34.0 Å². The Labute approximate surface area is 190 Å². The van der Waals surface area contributed by atoms with E-state index in [4.69, 9.17) is 9.47 Å². The zero-order chi connectivity index (χ0) is 25.4. The monoisotopic (exact) mass is 526 g/mol. The van der Waals surface area contributed by atoms with Crippen molar-refractivity contribution < 1.29 is 56.8 Å². The lowest BCUT2D eigenvalue weighted by Gasteiger charge is -2.34. The van der Waals surface area contributed by atoms with Crippen molar-refractivity contribution >= 4 is 21.4 Å². The minimum Gasteiger partial charge on any atom is -0.756 e. The third-order valence-electron chi connectivity index (χ3n) is 4.74. The summed E-state index contributed by atoms with van der Waals surface area (Å²) in [6.45, 7) is 1.74. The molecule has 1 saturated heterocycles. The first kappa shape index (κ1) is 26.6. The van der Waals surface area contributed by atoms with Crippen molar-refractivity contribution in [2.45, 2.75) is 51.1 Å². The molecule has 18 heteroatoms. The van der Waals surface area contributed by atoms with Crippen LogP contribution in [-0.2, 0) is 36.8 Å². The number of nitrogens with one attached hydrogen (secondary N) is 1. The standard InChI is InChI=1S/C16H22N2O14P2/c1-7-5-18(16(23)17-15(7)22)12-3-9(19)11(30-12)6-28-33(24,25)32-34(26,27)31-13-4-10(20)14(21)8(2)29-13/h4-5,8-9,11-13,19-20H,3,6H2,1-2H3,(H,24,25)(H,26,27)(H,17,22,23)/p-2/t8-,9+,11-,12-,13-/m1/s1. The summed E-state index contributed by atoms with van der Waals surface area (Å²) in [6, 6.07) is 0. The highest BCUT2D eigenvalue weighted by molar-refractivity contribution is 7.59. The summed E-state index contributed by atoms with van der Waals surface area (Å²) in [5.74, 6) is -1.68. The number of rotatable bonds is 8. The normalized spacial score (nSPS) is 31.0. The highest BCUT2D eigenvalue weighted by Crippen LogP contribution is 2.56. The molecular weight excluding hydrogens is 506 g/mol. The molecule has 0 radical (unpaired) electrons. The Hall–Kier alpha value is -1.97. The fourth-order valence-corrected chi connectivity index (χ4v) is 5.09. The summed E-state index contributed by atoms with van der Waals surface area (Å²) < 4.78 is 47.9. The van der Waals surface area contributed by atoms with Gasteiger partial charge in [0.2, 0.25) is 5.78 Å². The van der Waals surface area contributed by atoms with Gasteiger partial charge in [-0.2, -0.15) is 0 Å². The molecular formula is C16H20N2O14P2-2. The van der Waals surface area contributed by atoms with E-state index in [1.807, 2.05) is 0 Å². The Morgan fingerprint density at radius 2 is 1.91 bits per heavy atom. The van der Waals surface area contributed by atoms with Gasteiger partial charge in [-0.15, -0.1) is 0 Å². The molecule has 7 atom stereocenters. The minimum atomic E-state index is -5.63. The number of aliphatic hydroxyl groups excluding tert-OH is 2. The van der Waals surface area contributed by atoms with Gasteiger partial charge in [0.1, 0.15) is 18.4 Å². The fourth-order valence-electron chi connectivity index (χ4n) is 3.07. The number of Topliss-reactive ketones (excluding diaryl/α,β-unsaturated/α-hetero) is 1. The molecule has 3 N–H and O–H groups in total. The number of ketones is 1. The van der Waals surface area contributed by atoms with E-state index in [1.165, 1.54) is 20.0 Å². The molecule has 0 aliphatic carbocycles. The van der Waals surface area contributed by atoms with Crippen LogP contribution in [0.2, 0.25) is 0 Å². The molecule has 0 saturated carbocycles. The van der Waals surface area contributed by atoms with E-state index in [1.54, 1.807) is 0 Å². The maximum absolute atomic E-state index is 12.0. The van der Waals surface area contributed by atoms with Gasteiger partial charge in [0.15, 0.2) is 12.0 Å². The summed E-state index contributed by atoms with van der Waals surface area (Å²) in [6.07, 6.45) is -5.18. The molecule has 2 aliphatic heterocycles. The van der Waals surface area contributed by atoms with E-state index in [0.29, 0.717) is 6.08 Å². The Bertz CT molecular complexity index is 1190. The topological polar surface area (TPSA) is 239 Å². The summed E-state index contributed by atoms with van der Waals surface area (Å²) in [5.41, 5.74) is -1.25. The first-order valence-corrected chi connectivity index (χ1v) is 12.5. The molecule has 2 aliphatic rings. The summed E-state index contributed by atoms with van der Waals surface area (Å²) in [5, 5.41) is 19.5. The Balaban J connectivity index is 1.59. The molecule has 190 valence electrons. The van der Waals surface area contributed by atoms with E-state index in [-0.39, 0.29) is 12.0 Å². The van der Waals surface area contributed by atoms with Crippen molar-refractivity contribution in [3.63, 3.8) is 0 Å². The minimum absolute atomic E-state index is 0.168. The van der Waals surface area contributed by atoms with Crippen molar-refractivity contribution in [1.29, 1.82) is 0 Å². The average Bonchev–Trinajstić information content (AvgIpc) is 3.06. The number of phosphoric ester groups is 2. The van der Waals surface area contributed by atoms with Crippen LogP contribution in [0.3, 0.4) is 0 Å². The Kier molecular flexibility index (Phi) is 7.79.